The van der Waals surface area contributed by atoms with Crippen LogP contribution in [0.4, 0.5) is 0 Å². The Labute approximate surface area is 189 Å². The topological polar surface area (TPSA) is 87.7 Å². The van der Waals surface area contributed by atoms with Crippen molar-refractivity contribution in [3.05, 3.63) is 66.1 Å². The SMILES string of the molecule is CCCOC(=O)c1ccc(-n2cc(OC(C)=O)c3c2nc(C)n2c4ccccc4nc32)cc1. The van der Waals surface area contributed by atoms with Gasteiger partial charge in [-0.25, -0.2) is 14.8 Å². The monoisotopic (exact) mass is 442 g/mol. The molecule has 166 valence electrons. The predicted molar refractivity (Wildman–Crippen MR) is 124 cm³/mol. The number of carbonyl (C=O) groups is 2. The summed E-state index contributed by atoms with van der Waals surface area (Å²) in [7, 11) is 0. The molecule has 0 saturated heterocycles. The Morgan fingerprint density at radius 2 is 1.76 bits per heavy atom. The Kier molecular flexibility index (Phi) is 5.05. The van der Waals surface area contributed by atoms with Crippen molar-refractivity contribution in [1.29, 1.82) is 0 Å². The maximum absolute atomic E-state index is 12.2. The van der Waals surface area contributed by atoms with E-state index in [0.717, 1.165) is 29.0 Å². The zero-order valence-corrected chi connectivity index (χ0v) is 18.5. The first-order valence-electron chi connectivity index (χ1n) is 10.7. The number of hydrogen-bond acceptors (Lipinski definition) is 6. The quantitative estimate of drug-likeness (QED) is 0.369. The Bertz CT molecular complexity index is 1530. The molecule has 0 fully saturated rings. The van der Waals surface area contributed by atoms with Gasteiger partial charge < -0.3 is 9.47 Å². The van der Waals surface area contributed by atoms with Crippen molar-refractivity contribution in [2.24, 2.45) is 0 Å². The first-order chi connectivity index (χ1) is 16.0. The molecule has 0 aliphatic rings. The van der Waals surface area contributed by atoms with Crippen LogP contribution in [0.5, 0.6) is 5.75 Å². The van der Waals surface area contributed by atoms with E-state index in [4.69, 9.17) is 19.4 Å². The Morgan fingerprint density at radius 1 is 1.00 bits per heavy atom. The zero-order valence-electron chi connectivity index (χ0n) is 18.5. The van der Waals surface area contributed by atoms with E-state index in [9.17, 15) is 9.59 Å². The third-order valence-electron chi connectivity index (χ3n) is 5.39. The van der Waals surface area contributed by atoms with Crippen LogP contribution in [0.25, 0.3) is 33.4 Å². The summed E-state index contributed by atoms with van der Waals surface area (Å²) in [6.07, 6.45) is 2.49. The number of carbonyl (C=O) groups excluding carboxylic acids is 2. The highest BCUT2D eigenvalue weighted by Crippen LogP contribution is 2.35. The maximum Gasteiger partial charge on any atom is 0.338 e. The number of esters is 2. The van der Waals surface area contributed by atoms with Crippen LogP contribution in [0.15, 0.2) is 54.7 Å². The van der Waals surface area contributed by atoms with Crippen LogP contribution in [-0.4, -0.2) is 37.5 Å². The van der Waals surface area contributed by atoms with E-state index in [2.05, 4.69) is 0 Å². The highest BCUT2D eigenvalue weighted by atomic mass is 16.5. The summed E-state index contributed by atoms with van der Waals surface area (Å²) in [6.45, 7) is 5.60. The van der Waals surface area contributed by atoms with E-state index in [1.165, 1.54) is 6.92 Å². The molecule has 0 radical (unpaired) electrons. The molecule has 0 N–H and O–H groups in total. The van der Waals surface area contributed by atoms with Crippen molar-refractivity contribution in [3.8, 4) is 11.4 Å². The predicted octanol–water partition coefficient (Wildman–Crippen LogP) is 4.63. The second-order valence-electron chi connectivity index (χ2n) is 7.76. The number of hydrogen-bond donors (Lipinski definition) is 0. The van der Waals surface area contributed by atoms with E-state index in [-0.39, 0.29) is 5.97 Å². The fourth-order valence-electron chi connectivity index (χ4n) is 3.98. The molecular weight excluding hydrogens is 420 g/mol. The van der Waals surface area contributed by atoms with Crippen molar-refractivity contribution in [2.45, 2.75) is 27.2 Å². The number of nitrogens with zero attached hydrogens (tertiary/aromatic N) is 4. The first-order valence-corrected chi connectivity index (χ1v) is 10.7. The number of ether oxygens (including phenoxy) is 2. The molecule has 8 heteroatoms. The van der Waals surface area contributed by atoms with Crippen LogP contribution in [0.3, 0.4) is 0 Å². The maximum atomic E-state index is 12.2. The van der Waals surface area contributed by atoms with Gasteiger partial charge in [-0.2, -0.15) is 0 Å². The molecule has 8 nitrogen and oxygen atoms in total. The Balaban J connectivity index is 1.72. The molecule has 0 amide bonds. The number of benzene rings is 2. The summed E-state index contributed by atoms with van der Waals surface area (Å²) in [6, 6.07) is 14.8. The lowest BCUT2D eigenvalue weighted by molar-refractivity contribution is -0.131. The number of rotatable bonds is 5. The lowest BCUT2D eigenvalue weighted by atomic mass is 10.2. The molecule has 5 rings (SSSR count). The smallest absolute Gasteiger partial charge is 0.338 e. The minimum Gasteiger partial charge on any atom is -0.462 e. The van der Waals surface area contributed by atoms with Crippen molar-refractivity contribution in [1.82, 2.24) is 18.9 Å². The first kappa shape index (κ1) is 20.7. The van der Waals surface area contributed by atoms with Gasteiger partial charge in [-0.05, 0) is 49.7 Å². The largest absolute Gasteiger partial charge is 0.462 e. The molecular formula is C25H22N4O4. The van der Waals surface area contributed by atoms with Crippen molar-refractivity contribution < 1.29 is 19.1 Å². The average molecular weight is 442 g/mol. The van der Waals surface area contributed by atoms with Gasteiger partial charge in [0.1, 0.15) is 11.2 Å². The molecule has 0 saturated carbocycles. The lowest BCUT2D eigenvalue weighted by Gasteiger charge is -2.08. The zero-order chi connectivity index (χ0) is 23.1. The fourth-order valence-corrected chi connectivity index (χ4v) is 3.98. The standard InChI is InChI=1S/C25H22N4O4/c1-4-13-32-25(31)17-9-11-18(12-10-17)28-14-21(33-16(3)30)22-23(28)26-15(2)29-20-8-6-5-7-19(20)27-24(22)29/h5-12,14H,4,13H2,1-3H3. The number of imidazole rings is 1. The van der Waals surface area contributed by atoms with E-state index >= 15 is 0 Å². The second kappa shape index (κ2) is 8.05. The third kappa shape index (κ3) is 3.49. The fraction of sp³-hybridized carbons (Fsp3) is 0.200. The molecule has 5 aromatic rings. The van der Waals surface area contributed by atoms with Crippen LogP contribution in [0.1, 0.15) is 36.5 Å². The van der Waals surface area contributed by atoms with Crippen LogP contribution in [-0.2, 0) is 9.53 Å². The summed E-state index contributed by atoms with van der Waals surface area (Å²) in [5, 5.41) is 0.637. The van der Waals surface area contributed by atoms with Gasteiger partial charge >= 0.3 is 11.9 Å². The molecule has 3 heterocycles. The number of aryl methyl sites for hydroxylation is 1. The molecule has 3 aromatic heterocycles. The van der Waals surface area contributed by atoms with E-state index in [1.54, 1.807) is 18.3 Å². The van der Waals surface area contributed by atoms with Gasteiger partial charge in [0.15, 0.2) is 17.0 Å². The molecule has 2 aromatic carbocycles. The van der Waals surface area contributed by atoms with E-state index in [0.29, 0.717) is 34.6 Å². The summed E-state index contributed by atoms with van der Waals surface area (Å²) in [4.78, 5) is 33.6. The Morgan fingerprint density at radius 3 is 2.48 bits per heavy atom. The highest BCUT2D eigenvalue weighted by molar-refractivity contribution is 6.01. The van der Waals surface area contributed by atoms with Gasteiger partial charge in [-0.15, -0.1) is 0 Å². The number of aromatic nitrogens is 4. The molecule has 0 bridgehead atoms. The Hall–Kier alpha value is -4.20. The molecule has 0 aliphatic carbocycles. The van der Waals surface area contributed by atoms with Gasteiger partial charge in [0, 0.05) is 12.6 Å². The van der Waals surface area contributed by atoms with Crippen LogP contribution in [0.2, 0.25) is 0 Å². The summed E-state index contributed by atoms with van der Waals surface area (Å²) in [5.41, 5.74) is 4.25. The average Bonchev–Trinajstić information content (AvgIpc) is 3.36. The van der Waals surface area contributed by atoms with Crippen LogP contribution >= 0.6 is 0 Å². The van der Waals surface area contributed by atoms with E-state index in [1.807, 2.05) is 59.2 Å². The number of para-hydroxylation sites is 2. The van der Waals surface area contributed by atoms with E-state index < -0.39 is 5.97 Å². The lowest BCUT2D eigenvalue weighted by Crippen LogP contribution is -2.06. The van der Waals surface area contributed by atoms with Crippen LogP contribution in [0, 0.1) is 6.92 Å². The molecule has 0 atom stereocenters. The van der Waals surface area contributed by atoms with Crippen molar-refractivity contribution in [3.63, 3.8) is 0 Å². The van der Waals surface area contributed by atoms with Crippen molar-refractivity contribution >= 4 is 39.7 Å². The normalized spacial score (nSPS) is 11.4. The minimum atomic E-state index is -0.432. The van der Waals surface area contributed by atoms with Gasteiger partial charge in [0.25, 0.3) is 0 Å². The summed E-state index contributed by atoms with van der Waals surface area (Å²) < 4.78 is 14.6. The highest BCUT2D eigenvalue weighted by Gasteiger charge is 2.21. The van der Waals surface area contributed by atoms with Gasteiger partial charge in [-0.1, -0.05) is 19.1 Å². The second-order valence-corrected chi connectivity index (χ2v) is 7.76. The van der Waals surface area contributed by atoms with Gasteiger partial charge in [0.2, 0.25) is 0 Å². The minimum absolute atomic E-state index is 0.360. The molecule has 0 spiro atoms. The summed E-state index contributed by atoms with van der Waals surface area (Å²) >= 11 is 0. The molecule has 0 unspecified atom stereocenters. The number of fused-ring (bicyclic) bond motifs is 5. The van der Waals surface area contributed by atoms with Gasteiger partial charge in [-0.3, -0.25) is 13.8 Å². The van der Waals surface area contributed by atoms with Crippen LogP contribution < -0.4 is 4.74 Å². The van der Waals surface area contributed by atoms with Gasteiger partial charge in [0.05, 0.1) is 29.4 Å². The molecule has 33 heavy (non-hydrogen) atoms. The third-order valence-corrected chi connectivity index (χ3v) is 5.39. The van der Waals surface area contributed by atoms with Crippen molar-refractivity contribution in [2.75, 3.05) is 6.61 Å². The summed E-state index contributed by atoms with van der Waals surface area (Å²) in [5.74, 6) is 0.329. The molecule has 0 aliphatic heterocycles.